The van der Waals surface area contributed by atoms with Crippen molar-refractivity contribution in [3.63, 3.8) is 0 Å². The van der Waals surface area contributed by atoms with Gasteiger partial charge in [-0.1, -0.05) is 6.07 Å². The van der Waals surface area contributed by atoms with Crippen LogP contribution in [0.4, 0.5) is 11.6 Å². The molecule has 0 aliphatic carbocycles. The number of H-pyrrole nitrogens is 1. The van der Waals surface area contributed by atoms with E-state index in [2.05, 4.69) is 25.2 Å². The molecule has 0 aliphatic heterocycles. The van der Waals surface area contributed by atoms with Crippen LogP contribution in [0.1, 0.15) is 26.5 Å². The first-order chi connectivity index (χ1) is 9.52. The SMILES string of the molecule is COC(=O)c1cccc(NC(=O)c2nc(N)n[nH]2)c1C. The van der Waals surface area contributed by atoms with Gasteiger partial charge in [0.05, 0.1) is 12.7 Å². The average Bonchev–Trinajstić information content (AvgIpc) is 2.87. The molecule has 8 nitrogen and oxygen atoms in total. The van der Waals surface area contributed by atoms with Gasteiger partial charge in [-0.3, -0.25) is 9.89 Å². The third-order valence-corrected chi connectivity index (χ3v) is 2.71. The van der Waals surface area contributed by atoms with E-state index in [4.69, 9.17) is 5.73 Å². The Kier molecular flexibility index (Phi) is 3.65. The maximum Gasteiger partial charge on any atom is 0.338 e. The first kappa shape index (κ1) is 13.5. The van der Waals surface area contributed by atoms with E-state index < -0.39 is 11.9 Å². The minimum atomic E-state index is -0.501. The summed E-state index contributed by atoms with van der Waals surface area (Å²) in [5.41, 5.74) is 6.78. The predicted molar refractivity (Wildman–Crippen MR) is 71.3 cm³/mol. The molecule has 8 heteroatoms. The Morgan fingerprint density at radius 3 is 2.75 bits per heavy atom. The van der Waals surface area contributed by atoms with Crippen molar-refractivity contribution in [3.8, 4) is 0 Å². The molecule has 1 aromatic heterocycles. The largest absolute Gasteiger partial charge is 0.465 e. The van der Waals surface area contributed by atoms with Crippen LogP contribution < -0.4 is 11.1 Å². The van der Waals surface area contributed by atoms with Gasteiger partial charge in [-0.15, -0.1) is 5.10 Å². The molecule has 1 aromatic carbocycles. The van der Waals surface area contributed by atoms with Crippen LogP contribution in [0.25, 0.3) is 0 Å². The molecule has 104 valence electrons. The number of carbonyl (C=O) groups excluding carboxylic acids is 2. The summed E-state index contributed by atoms with van der Waals surface area (Å²) >= 11 is 0. The highest BCUT2D eigenvalue weighted by Gasteiger charge is 2.15. The fraction of sp³-hybridized carbons (Fsp3) is 0.167. The summed E-state index contributed by atoms with van der Waals surface area (Å²) in [5, 5.41) is 8.59. The number of methoxy groups -OCH3 is 1. The average molecular weight is 275 g/mol. The Bertz CT molecular complexity index is 665. The number of aromatic nitrogens is 3. The standard InChI is InChI=1S/C12H13N5O3/c1-6-7(11(19)20-2)4-3-5-8(6)14-10(18)9-15-12(13)17-16-9/h3-5H,1-2H3,(H,14,18)(H3,13,15,16,17). The number of nitrogens with two attached hydrogens (primary N) is 1. The summed E-state index contributed by atoms with van der Waals surface area (Å²) < 4.78 is 4.67. The Balaban J connectivity index is 2.26. The van der Waals surface area contributed by atoms with Gasteiger partial charge in [-0.25, -0.2) is 4.79 Å². The smallest absolute Gasteiger partial charge is 0.338 e. The van der Waals surface area contributed by atoms with Crippen molar-refractivity contribution in [2.45, 2.75) is 6.92 Å². The molecule has 1 heterocycles. The molecule has 0 atom stereocenters. The van der Waals surface area contributed by atoms with E-state index in [1.807, 2.05) is 0 Å². The summed E-state index contributed by atoms with van der Waals surface area (Å²) in [6.07, 6.45) is 0. The maximum atomic E-state index is 11.9. The van der Waals surface area contributed by atoms with Crippen LogP contribution >= 0.6 is 0 Å². The van der Waals surface area contributed by atoms with Gasteiger partial charge in [-0.05, 0) is 24.6 Å². The molecular weight excluding hydrogens is 262 g/mol. The van der Waals surface area contributed by atoms with Crippen molar-refractivity contribution >= 4 is 23.5 Å². The number of nitrogens with zero attached hydrogens (tertiary/aromatic N) is 2. The third-order valence-electron chi connectivity index (χ3n) is 2.71. The lowest BCUT2D eigenvalue weighted by Gasteiger charge is -2.10. The highest BCUT2D eigenvalue weighted by molar-refractivity contribution is 6.03. The van der Waals surface area contributed by atoms with Gasteiger partial charge in [0, 0.05) is 5.69 Å². The third kappa shape index (κ3) is 2.58. The van der Waals surface area contributed by atoms with Crippen LogP contribution in [0, 0.1) is 6.92 Å². The van der Waals surface area contributed by atoms with Gasteiger partial charge in [0.1, 0.15) is 0 Å². The van der Waals surface area contributed by atoms with E-state index in [0.29, 0.717) is 16.8 Å². The van der Waals surface area contributed by atoms with Gasteiger partial charge in [0.25, 0.3) is 5.91 Å². The van der Waals surface area contributed by atoms with Crippen LogP contribution in [0.3, 0.4) is 0 Å². The number of aromatic amines is 1. The molecule has 0 spiro atoms. The topological polar surface area (TPSA) is 123 Å². The summed E-state index contributed by atoms with van der Waals surface area (Å²) in [5.74, 6) is -0.998. The second kappa shape index (κ2) is 5.39. The normalized spacial score (nSPS) is 10.1. The number of amides is 1. The van der Waals surface area contributed by atoms with E-state index in [-0.39, 0.29) is 11.8 Å². The quantitative estimate of drug-likeness (QED) is 0.710. The Hall–Kier alpha value is -2.90. The molecule has 1 amide bonds. The molecule has 0 fully saturated rings. The lowest BCUT2D eigenvalue weighted by atomic mass is 10.1. The number of hydrogen-bond acceptors (Lipinski definition) is 6. The fourth-order valence-electron chi connectivity index (χ4n) is 1.66. The zero-order valence-corrected chi connectivity index (χ0v) is 10.9. The number of esters is 1. The number of anilines is 2. The lowest BCUT2D eigenvalue weighted by molar-refractivity contribution is 0.0599. The van der Waals surface area contributed by atoms with Crippen LogP contribution in [0.15, 0.2) is 18.2 Å². The zero-order valence-electron chi connectivity index (χ0n) is 10.9. The van der Waals surface area contributed by atoms with Gasteiger partial charge in [0.2, 0.25) is 11.8 Å². The number of ether oxygens (including phenoxy) is 1. The van der Waals surface area contributed by atoms with Crippen molar-refractivity contribution in [2.75, 3.05) is 18.2 Å². The summed E-state index contributed by atoms with van der Waals surface area (Å²) in [4.78, 5) is 27.2. The summed E-state index contributed by atoms with van der Waals surface area (Å²) in [6, 6.07) is 4.92. The molecule has 2 aromatic rings. The molecule has 0 saturated heterocycles. The van der Waals surface area contributed by atoms with Gasteiger partial charge >= 0.3 is 5.97 Å². The van der Waals surface area contributed by atoms with Crippen molar-refractivity contribution < 1.29 is 14.3 Å². The van der Waals surface area contributed by atoms with Crippen molar-refractivity contribution in [3.05, 3.63) is 35.2 Å². The lowest BCUT2D eigenvalue weighted by Crippen LogP contribution is -2.16. The van der Waals surface area contributed by atoms with E-state index in [1.165, 1.54) is 7.11 Å². The molecule has 0 unspecified atom stereocenters. The van der Waals surface area contributed by atoms with E-state index in [9.17, 15) is 9.59 Å². The number of benzene rings is 1. The molecule has 4 N–H and O–H groups in total. The highest BCUT2D eigenvalue weighted by Crippen LogP contribution is 2.20. The number of carbonyl (C=O) groups is 2. The fourth-order valence-corrected chi connectivity index (χ4v) is 1.66. The van der Waals surface area contributed by atoms with E-state index >= 15 is 0 Å². The van der Waals surface area contributed by atoms with Crippen molar-refractivity contribution in [1.29, 1.82) is 0 Å². The molecule has 0 bridgehead atoms. The van der Waals surface area contributed by atoms with Crippen molar-refractivity contribution in [1.82, 2.24) is 15.2 Å². The van der Waals surface area contributed by atoms with E-state index in [1.54, 1.807) is 25.1 Å². The zero-order chi connectivity index (χ0) is 14.7. The van der Waals surface area contributed by atoms with Crippen LogP contribution in [-0.4, -0.2) is 34.2 Å². The molecule has 0 radical (unpaired) electrons. The molecule has 0 saturated carbocycles. The van der Waals surface area contributed by atoms with Gasteiger partial charge in [0.15, 0.2) is 0 Å². The van der Waals surface area contributed by atoms with Gasteiger partial charge in [-0.2, -0.15) is 4.98 Å². The summed E-state index contributed by atoms with van der Waals surface area (Å²) in [6.45, 7) is 1.70. The first-order valence-electron chi connectivity index (χ1n) is 5.70. The second-order valence-corrected chi connectivity index (χ2v) is 3.97. The van der Waals surface area contributed by atoms with Crippen LogP contribution in [0.2, 0.25) is 0 Å². The predicted octanol–water partition coefficient (Wildman–Crippen LogP) is 0.734. The number of nitrogens with one attached hydrogen (secondary N) is 2. The molecular formula is C12H13N5O3. The molecule has 2 rings (SSSR count). The first-order valence-corrected chi connectivity index (χ1v) is 5.70. The maximum absolute atomic E-state index is 11.9. The molecule has 0 aliphatic rings. The monoisotopic (exact) mass is 275 g/mol. The number of rotatable bonds is 3. The van der Waals surface area contributed by atoms with Gasteiger partial charge < -0.3 is 15.8 Å². The van der Waals surface area contributed by atoms with Crippen LogP contribution in [-0.2, 0) is 4.74 Å². The van der Waals surface area contributed by atoms with Crippen LogP contribution in [0.5, 0.6) is 0 Å². The summed E-state index contributed by atoms with van der Waals surface area (Å²) in [7, 11) is 1.30. The number of nitrogen functional groups attached to an aromatic ring is 1. The minimum absolute atomic E-state index is 0.00892. The highest BCUT2D eigenvalue weighted by atomic mass is 16.5. The Labute approximate surface area is 114 Å². The Morgan fingerprint density at radius 1 is 1.40 bits per heavy atom. The minimum Gasteiger partial charge on any atom is -0.465 e. The molecule has 20 heavy (non-hydrogen) atoms. The van der Waals surface area contributed by atoms with E-state index in [0.717, 1.165) is 0 Å². The second-order valence-electron chi connectivity index (χ2n) is 3.97. The van der Waals surface area contributed by atoms with Crippen molar-refractivity contribution in [2.24, 2.45) is 0 Å². The Morgan fingerprint density at radius 2 is 2.15 bits per heavy atom. The number of hydrogen-bond donors (Lipinski definition) is 3.